The van der Waals surface area contributed by atoms with Gasteiger partial charge in [-0.15, -0.1) is 0 Å². The van der Waals surface area contributed by atoms with Crippen LogP contribution in [0.4, 0.5) is 0 Å². The highest BCUT2D eigenvalue weighted by Crippen LogP contribution is 2.28. The summed E-state index contributed by atoms with van der Waals surface area (Å²) < 4.78 is 16.2. The summed E-state index contributed by atoms with van der Waals surface area (Å²) in [5.74, 6) is 1.62. The summed E-state index contributed by atoms with van der Waals surface area (Å²) in [6.07, 6.45) is 2.26. The SMILES string of the molecule is COc1ccccc1-c1cc(CN[C@@H]2CCCOC2)on1. The Kier molecular flexibility index (Phi) is 4.52. The molecule has 1 aromatic carbocycles. The third kappa shape index (κ3) is 3.43. The molecule has 1 aliphatic rings. The summed E-state index contributed by atoms with van der Waals surface area (Å²) in [6.45, 7) is 2.31. The molecule has 5 heteroatoms. The second-order valence-electron chi connectivity index (χ2n) is 5.17. The Hall–Kier alpha value is -1.85. The Bertz CT molecular complexity index is 576. The van der Waals surface area contributed by atoms with Crippen LogP contribution in [-0.2, 0) is 11.3 Å². The molecule has 0 radical (unpaired) electrons. The molecule has 5 nitrogen and oxygen atoms in total. The summed E-state index contributed by atoms with van der Waals surface area (Å²) in [5, 5.41) is 7.57. The fourth-order valence-corrected chi connectivity index (χ4v) is 2.53. The highest BCUT2D eigenvalue weighted by Gasteiger charge is 2.15. The van der Waals surface area contributed by atoms with Gasteiger partial charge >= 0.3 is 0 Å². The minimum absolute atomic E-state index is 0.401. The van der Waals surface area contributed by atoms with Gasteiger partial charge < -0.3 is 19.3 Å². The maximum Gasteiger partial charge on any atom is 0.151 e. The molecule has 0 saturated carbocycles. The van der Waals surface area contributed by atoms with Crippen molar-refractivity contribution in [1.29, 1.82) is 0 Å². The lowest BCUT2D eigenvalue weighted by atomic mass is 10.1. The van der Waals surface area contributed by atoms with Gasteiger partial charge in [-0.25, -0.2) is 0 Å². The largest absolute Gasteiger partial charge is 0.496 e. The van der Waals surface area contributed by atoms with Crippen molar-refractivity contribution in [3.8, 4) is 17.0 Å². The second-order valence-corrected chi connectivity index (χ2v) is 5.17. The van der Waals surface area contributed by atoms with E-state index >= 15 is 0 Å². The van der Waals surface area contributed by atoms with Crippen molar-refractivity contribution in [3.05, 3.63) is 36.1 Å². The van der Waals surface area contributed by atoms with Gasteiger partial charge in [0.1, 0.15) is 11.4 Å². The van der Waals surface area contributed by atoms with E-state index < -0.39 is 0 Å². The van der Waals surface area contributed by atoms with Gasteiger partial charge in [0, 0.05) is 24.3 Å². The number of benzene rings is 1. The van der Waals surface area contributed by atoms with Crippen molar-refractivity contribution in [3.63, 3.8) is 0 Å². The molecule has 21 heavy (non-hydrogen) atoms. The lowest BCUT2D eigenvalue weighted by Crippen LogP contribution is -2.36. The maximum absolute atomic E-state index is 5.45. The van der Waals surface area contributed by atoms with Crippen molar-refractivity contribution in [2.24, 2.45) is 0 Å². The minimum atomic E-state index is 0.401. The van der Waals surface area contributed by atoms with Gasteiger partial charge in [-0.2, -0.15) is 0 Å². The number of ether oxygens (including phenoxy) is 2. The van der Waals surface area contributed by atoms with E-state index in [0.717, 1.165) is 48.8 Å². The van der Waals surface area contributed by atoms with E-state index in [1.807, 2.05) is 30.3 Å². The van der Waals surface area contributed by atoms with E-state index in [9.17, 15) is 0 Å². The van der Waals surface area contributed by atoms with Gasteiger partial charge in [-0.05, 0) is 25.0 Å². The molecule has 1 fully saturated rings. The number of aromatic nitrogens is 1. The number of hydrogen-bond acceptors (Lipinski definition) is 5. The Morgan fingerprint density at radius 3 is 3.10 bits per heavy atom. The summed E-state index contributed by atoms with van der Waals surface area (Å²) in [4.78, 5) is 0. The van der Waals surface area contributed by atoms with E-state index in [1.165, 1.54) is 0 Å². The lowest BCUT2D eigenvalue weighted by molar-refractivity contribution is 0.0691. The molecule has 0 bridgehead atoms. The average molecular weight is 288 g/mol. The fraction of sp³-hybridized carbons (Fsp3) is 0.438. The van der Waals surface area contributed by atoms with Crippen LogP contribution in [0, 0.1) is 0 Å². The van der Waals surface area contributed by atoms with Crippen LogP contribution in [0.5, 0.6) is 5.75 Å². The van der Waals surface area contributed by atoms with Crippen LogP contribution in [0.15, 0.2) is 34.9 Å². The van der Waals surface area contributed by atoms with Crippen molar-refractivity contribution in [2.75, 3.05) is 20.3 Å². The molecule has 2 aromatic rings. The van der Waals surface area contributed by atoms with Crippen molar-refractivity contribution >= 4 is 0 Å². The second kappa shape index (κ2) is 6.74. The Morgan fingerprint density at radius 1 is 1.38 bits per heavy atom. The average Bonchev–Trinajstić information content (AvgIpc) is 3.02. The molecule has 1 aliphatic heterocycles. The lowest BCUT2D eigenvalue weighted by Gasteiger charge is -2.22. The third-order valence-corrected chi connectivity index (χ3v) is 3.67. The van der Waals surface area contributed by atoms with Gasteiger partial charge in [0.05, 0.1) is 20.3 Å². The molecule has 0 unspecified atom stereocenters. The molecule has 112 valence electrons. The van der Waals surface area contributed by atoms with Crippen LogP contribution in [0.3, 0.4) is 0 Å². The zero-order valence-corrected chi connectivity index (χ0v) is 12.2. The zero-order valence-electron chi connectivity index (χ0n) is 12.2. The first kappa shape index (κ1) is 14.1. The van der Waals surface area contributed by atoms with Crippen LogP contribution >= 0.6 is 0 Å². The van der Waals surface area contributed by atoms with Crippen molar-refractivity contribution in [1.82, 2.24) is 10.5 Å². The highest BCUT2D eigenvalue weighted by molar-refractivity contribution is 5.66. The first-order chi connectivity index (χ1) is 10.4. The standard InChI is InChI=1S/C16H20N2O3/c1-19-16-7-3-2-6-14(16)15-9-13(21-18-15)10-17-12-5-4-8-20-11-12/h2-3,6-7,9,12,17H,4-5,8,10-11H2,1H3/t12-/m1/s1. The summed E-state index contributed by atoms with van der Waals surface area (Å²) in [7, 11) is 1.66. The van der Waals surface area contributed by atoms with E-state index in [0.29, 0.717) is 12.6 Å². The zero-order chi connectivity index (χ0) is 14.5. The summed E-state index contributed by atoms with van der Waals surface area (Å²) in [6, 6.07) is 10.1. The Morgan fingerprint density at radius 2 is 2.29 bits per heavy atom. The van der Waals surface area contributed by atoms with Gasteiger partial charge in [0.2, 0.25) is 0 Å². The molecule has 1 N–H and O–H groups in total. The van der Waals surface area contributed by atoms with Gasteiger partial charge in [-0.3, -0.25) is 0 Å². The third-order valence-electron chi connectivity index (χ3n) is 3.67. The fourth-order valence-electron chi connectivity index (χ4n) is 2.53. The molecule has 0 spiro atoms. The number of rotatable bonds is 5. The minimum Gasteiger partial charge on any atom is -0.496 e. The van der Waals surface area contributed by atoms with Crippen molar-refractivity contribution < 1.29 is 14.0 Å². The van der Waals surface area contributed by atoms with Crippen LogP contribution < -0.4 is 10.1 Å². The van der Waals surface area contributed by atoms with Gasteiger partial charge in [-0.1, -0.05) is 17.3 Å². The summed E-state index contributed by atoms with van der Waals surface area (Å²) >= 11 is 0. The maximum atomic E-state index is 5.45. The number of nitrogens with zero attached hydrogens (tertiary/aromatic N) is 1. The van der Waals surface area contributed by atoms with E-state index in [2.05, 4.69) is 10.5 Å². The topological polar surface area (TPSA) is 56.5 Å². The predicted octanol–water partition coefficient (Wildman–Crippen LogP) is 2.62. The number of nitrogens with one attached hydrogen (secondary N) is 1. The molecule has 0 aliphatic carbocycles. The van der Waals surface area contributed by atoms with Gasteiger partial charge in [0.25, 0.3) is 0 Å². The summed E-state index contributed by atoms with van der Waals surface area (Å²) in [5.41, 5.74) is 1.74. The highest BCUT2D eigenvalue weighted by atomic mass is 16.5. The normalized spacial score (nSPS) is 18.6. The Labute approximate surface area is 124 Å². The van der Waals surface area contributed by atoms with Crippen LogP contribution in [0.2, 0.25) is 0 Å². The molecular weight excluding hydrogens is 268 g/mol. The molecule has 2 heterocycles. The monoisotopic (exact) mass is 288 g/mol. The van der Waals surface area contributed by atoms with Gasteiger partial charge in [0.15, 0.2) is 5.76 Å². The van der Waals surface area contributed by atoms with Crippen LogP contribution in [-0.4, -0.2) is 31.5 Å². The quantitative estimate of drug-likeness (QED) is 0.916. The number of para-hydroxylation sites is 1. The first-order valence-electron chi connectivity index (χ1n) is 7.27. The van der Waals surface area contributed by atoms with Crippen molar-refractivity contribution in [2.45, 2.75) is 25.4 Å². The Balaban J connectivity index is 1.65. The number of methoxy groups -OCH3 is 1. The van der Waals surface area contributed by atoms with E-state index in [-0.39, 0.29) is 0 Å². The molecule has 0 amide bonds. The van der Waals surface area contributed by atoms with Crippen LogP contribution in [0.1, 0.15) is 18.6 Å². The first-order valence-corrected chi connectivity index (χ1v) is 7.27. The molecular formula is C16H20N2O3. The predicted molar refractivity (Wildman–Crippen MR) is 79.2 cm³/mol. The van der Waals surface area contributed by atoms with Crippen LogP contribution in [0.25, 0.3) is 11.3 Å². The molecule has 3 rings (SSSR count). The molecule has 1 atom stereocenters. The van der Waals surface area contributed by atoms with E-state index in [1.54, 1.807) is 7.11 Å². The smallest absolute Gasteiger partial charge is 0.151 e. The molecule has 1 aromatic heterocycles. The number of hydrogen-bond donors (Lipinski definition) is 1. The van der Waals surface area contributed by atoms with E-state index in [4.69, 9.17) is 14.0 Å². The molecule has 1 saturated heterocycles.